The Morgan fingerprint density at radius 2 is 1.71 bits per heavy atom. The van der Waals surface area contributed by atoms with Crippen molar-refractivity contribution in [1.82, 2.24) is 19.4 Å². The smallest absolute Gasteiger partial charge is 0.383 e. The van der Waals surface area contributed by atoms with Crippen LogP contribution in [0.5, 0.6) is 0 Å². The highest BCUT2D eigenvalue weighted by Gasteiger charge is 2.56. The number of imidazole rings is 1. The number of nitrogens with one attached hydrogen (secondary N) is 1. The van der Waals surface area contributed by atoms with Crippen LogP contribution in [0.25, 0.3) is 17.0 Å². The summed E-state index contributed by atoms with van der Waals surface area (Å²) in [6.07, 6.45) is -6.54. The van der Waals surface area contributed by atoms with E-state index in [9.17, 15) is 35.5 Å². The molecule has 0 spiro atoms. The van der Waals surface area contributed by atoms with Gasteiger partial charge in [0.05, 0.1) is 11.1 Å². The van der Waals surface area contributed by atoms with Crippen molar-refractivity contribution in [3.8, 4) is 11.5 Å². The van der Waals surface area contributed by atoms with Gasteiger partial charge in [0.25, 0.3) is 0 Å². The number of nitrogens with two attached hydrogens (primary N) is 1. The van der Waals surface area contributed by atoms with Crippen LogP contribution in [0.4, 0.5) is 42.4 Å². The summed E-state index contributed by atoms with van der Waals surface area (Å²) in [5.74, 6) is -7.96. The van der Waals surface area contributed by atoms with Crippen LogP contribution in [0.15, 0.2) is 42.6 Å². The quantitative estimate of drug-likeness (QED) is 0.347. The number of alkyl halides is 5. The van der Waals surface area contributed by atoms with Crippen molar-refractivity contribution in [1.29, 1.82) is 0 Å². The Bertz CT molecular complexity index is 1580. The van der Waals surface area contributed by atoms with Gasteiger partial charge in [0.2, 0.25) is 5.91 Å². The van der Waals surface area contributed by atoms with E-state index in [1.807, 2.05) is 0 Å². The first-order valence-corrected chi connectivity index (χ1v) is 11.1. The van der Waals surface area contributed by atoms with Gasteiger partial charge in [-0.05, 0) is 36.8 Å². The van der Waals surface area contributed by atoms with Crippen molar-refractivity contribution in [2.45, 2.75) is 37.3 Å². The third kappa shape index (κ3) is 3.90. The van der Waals surface area contributed by atoms with Gasteiger partial charge in [0, 0.05) is 25.1 Å². The molecule has 0 saturated carbocycles. The molecule has 7 nitrogen and oxygen atoms in total. The monoisotopic (exact) mass is 538 g/mol. The zero-order valence-corrected chi connectivity index (χ0v) is 19.4. The maximum absolute atomic E-state index is 13.9. The molecule has 3 N–H and O–H groups in total. The molecule has 14 heteroatoms. The summed E-state index contributed by atoms with van der Waals surface area (Å²) >= 11 is 0. The van der Waals surface area contributed by atoms with Gasteiger partial charge in [-0.25, -0.2) is 23.7 Å². The summed E-state index contributed by atoms with van der Waals surface area (Å²) in [7, 11) is 0. The number of nitrogen functional groups attached to an aromatic ring is 1. The van der Waals surface area contributed by atoms with Crippen molar-refractivity contribution in [2.24, 2.45) is 0 Å². The Morgan fingerprint density at radius 3 is 2.37 bits per heavy atom. The molecular formula is C24H17F7N6O. The van der Waals surface area contributed by atoms with Gasteiger partial charge in [0.15, 0.2) is 5.82 Å². The number of aryl methyl sites for hydroxylation is 1. The zero-order valence-electron chi connectivity index (χ0n) is 19.4. The molecule has 1 aromatic carbocycles. The van der Waals surface area contributed by atoms with Crippen molar-refractivity contribution >= 4 is 23.1 Å². The lowest BCUT2D eigenvalue weighted by molar-refractivity contribution is -0.284. The predicted molar refractivity (Wildman–Crippen MR) is 121 cm³/mol. The average molecular weight is 538 g/mol. The number of hydrogen-bond acceptors (Lipinski definition) is 5. The van der Waals surface area contributed by atoms with Crippen molar-refractivity contribution in [3.63, 3.8) is 0 Å². The third-order valence-electron chi connectivity index (χ3n) is 6.47. The minimum absolute atomic E-state index is 0.0186. The maximum Gasteiger partial charge on any atom is 0.453 e. The summed E-state index contributed by atoms with van der Waals surface area (Å²) in [5, 5.41) is 2.52. The van der Waals surface area contributed by atoms with E-state index in [0.717, 1.165) is 12.1 Å². The van der Waals surface area contributed by atoms with Crippen LogP contribution >= 0.6 is 0 Å². The largest absolute Gasteiger partial charge is 0.453 e. The number of halogens is 7. The zero-order chi connectivity index (χ0) is 27.6. The molecule has 38 heavy (non-hydrogen) atoms. The fourth-order valence-corrected chi connectivity index (χ4v) is 4.48. The number of fused-ring (bicyclic) bond motifs is 2. The van der Waals surface area contributed by atoms with E-state index in [-0.39, 0.29) is 45.6 Å². The molecule has 1 aliphatic rings. The van der Waals surface area contributed by atoms with Crippen LogP contribution in [0.2, 0.25) is 0 Å². The lowest BCUT2D eigenvalue weighted by atomic mass is 9.77. The second kappa shape index (κ2) is 8.39. The maximum atomic E-state index is 13.9. The van der Waals surface area contributed by atoms with E-state index in [0.29, 0.717) is 6.07 Å². The molecule has 0 saturated heterocycles. The fourth-order valence-electron chi connectivity index (χ4n) is 4.48. The SMILES string of the molecule is CC1(c2cc(F)cc(F)c2)C(=O)Nc2nc(-c3nc(CCC(F)(F)C(F)(F)F)n4ccccc34)nc(N)c21. The number of hydrogen-bond donors (Lipinski definition) is 2. The molecular weight excluding hydrogens is 521 g/mol. The highest BCUT2D eigenvalue weighted by Crippen LogP contribution is 2.45. The Labute approximate surface area is 209 Å². The third-order valence-corrected chi connectivity index (χ3v) is 6.47. The van der Waals surface area contributed by atoms with Gasteiger partial charge in [-0.3, -0.25) is 4.79 Å². The van der Waals surface area contributed by atoms with E-state index < -0.39 is 47.9 Å². The fraction of sp³-hybridized carbons (Fsp3) is 0.250. The number of pyridine rings is 1. The Morgan fingerprint density at radius 1 is 1.03 bits per heavy atom. The lowest BCUT2D eigenvalue weighted by Crippen LogP contribution is -2.36. The molecule has 0 fully saturated rings. The van der Waals surface area contributed by atoms with E-state index in [2.05, 4.69) is 20.3 Å². The second-order valence-electron chi connectivity index (χ2n) is 8.93. The molecule has 0 radical (unpaired) electrons. The van der Waals surface area contributed by atoms with E-state index in [1.165, 1.54) is 29.7 Å². The van der Waals surface area contributed by atoms with Crippen molar-refractivity contribution < 1.29 is 35.5 Å². The molecule has 3 aromatic heterocycles. The molecule has 198 valence electrons. The summed E-state index contributed by atoms with van der Waals surface area (Å²) < 4.78 is 94.3. The molecule has 5 rings (SSSR count). The molecule has 4 aromatic rings. The van der Waals surface area contributed by atoms with Crippen molar-refractivity contribution in [3.05, 3.63) is 71.2 Å². The minimum atomic E-state index is -5.71. The highest BCUT2D eigenvalue weighted by molar-refractivity contribution is 6.09. The molecule has 0 bridgehead atoms. The van der Waals surface area contributed by atoms with Crippen molar-refractivity contribution in [2.75, 3.05) is 11.1 Å². The molecule has 1 atom stereocenters. The van der Waals surface area contributed by atoms with Crippen LogP contribution < -0.4 is 11.1 Å². The summed E-state index contributed by atoms with van der Waals surface area (Å²) in [6.45, 7) is 1.40. The van der Waals surface area contributed by atoms with Gasteiger partial charge in [-0.2, -0.15) is 22.0 Å². The predicted octanol–water partition coefficient (Wildman–Crippen LogP) is 5.04. The molecule has 4 heterocycles. The lowest BCUT2D eigenvalue weighted by Gasteiger charge is -2.23. The van der Waals surface area contributed by atoms with Gasteiger partial charge in [-0.1, -0.05) is 6.07 Å². The topological polar surface area (TPSA) is 98.2 Å². The summed E-state index contributed by atoms with van der Waals surface area (Å²) in [4.78, 5) is 25.7. The van der Waals surface area contributed by atoms with Crippen LogP contribution in [-0.4, -0.2) is 37.4 Å². The van der Waals surface area contributed by atoms with E-state index in [4.69, 9.17) is 5.73 Å². The van der Waals surface area contributed by atoms with Crippen LogP contribution in [0.3, 0.4) is 0 Å². The molecule has 1 unspecified atom stereocenters. The number of benzene rings is 1. The van der Waals surface area contributed by atoms with E-state index in [1.54, 1.807) is 6.07 Å². The first kappa shape index (κ1) is 25.4. The Hall–Kier alpha value is -4.23. The first-order chi connectivity index (χ1) is 17.7. The normalized spacial score (nSPS) is 17.6. The average Bonchev–Trinajstić information content (AvgIpc) is 3.32. The van der Waals surface area contributed by atoms with Crippen LogP contribution in [-0.2, 0) is 16.6 Å². The number of rotatable bonds is 5. The Kier molecular flexibility index (Phi) is 5.62. The molecule has 1 amide bonds. The number of amides is 1. The van der Waals surface area contributed by atoms with Gasteiger partial charge in [0.1, 0.15) is 40.2 Å². The van der Waals surface area contributed by atoms with Gasteiger partial charge in [-0.15, -0.1) is 0 Å². The minimum Gasteiger partial charge on any atom is -0.383 e. The summed E-state index contributed by atoms with van der Waals surface area (Å²) in [6, 6.07) is 7.26. The second-order valence-corrected chi connectivity index (χ2v) is 8.93. The number of anilines is 2. The molecule has 1 aliphatic heterocycles. The molecule has 0 aliphatic carbocycles. The number of nitrogens with zero attached hydrogens (tertiary/aromatic N) is 4. The number of carbonyl (C=O) groups excluding carboxylic acids is 1. The number of aromatic nitrogens is 4. The van der Waals surface area contributed by atoms with Gasteiger partial charge >= 0.3 is 12.1 Å². The van der Waals surface area contributed by atoms with Crippen LogP contribution in [0.1, 0.15) is 30.3 Å². The highest BCUT2D eigenvalue weighted by atomic mass is 19.4. The number of carbonyl (C=O) groups is 1. The standard InChI is InChI=1S/C24H17F7N6O/c1-22(11-8-12(25)10-13(26)9-11)16-18(32)34-20(35-19(16)36-21(22)38)17-14-4-2-3-7-37(14)15(33-17)5-6-23(27,28)24(29,30)31/h2-4,7-10H,5-6H2,1H3,(H3,32,34,35,36,38). The van der Waals surface area contributed by atoms with E-state index >= 15 is 0 Å². The first-order valence-electron chi connectivity index (χ1n) is 11.1. The van der Waals surface area contributed by atoms with Gasteiger partial charge < -0.3 is 15.5 Å². The Balaban J connectivity index is 1.59. The summed E-state index contributed by atoms with van der Waals surface area (Å²) in [5.41, 5.74) is 4.87. The van der Waals surface area contributed by atoms with Crippen LogP contribution in [0, 0.1) is 11.6 Å².